The Morgan fingerprint density at radius 1 is 1.61 bits per heavy atom. The fraction of sp³-hybridized carbons (Fsp3) is 0.556. The van der Waals surface area contributed by atoms with Gasteiger partial charge in [-0.05, 0) is 13.8 Å². The minimum Gasteiger partial charge on any atom is -0.355 e. The van der Waals surface area contributed by atoms with Crippen molar-refractivity contribution in [1.29, 1.82) is 0 Å². The molecular formula is C9H15ClN4O3S. The Balaban J connectivity index is 2.89. The summed E-state index contributed by atoms with van der Waals surface area (Å²) in [6, 6.07) is -0.895. The van der Waals surface area contributed by atoms with Crippen LogP contribution in [0.1, 0.15) is 13.8 Å². The van der Waals surface area contributed by atoms with Crippen LogP contribution in [0.3, 0.4) is 0 Å². The van der Waals surface area contributed by atoms with E-state index in [0.717, 1.165) is 0 Å². The zero-order valence-electron chi connectivity index (χ0n) is 10.3. The van der Waals surface area contributed by atoms with Gasteiger partial charge in [0.05, 0.1) is 12.4 Å². The molecule has 1 rings (SSSR count). The maximum Gasteiger partial charge on any atom is 0.261 e. The molecule has 1 aromatic rings. The van der Waals surface area contributed by atoms with Crippen LogP contribution in [0.15, 0.2) is 11.4 Å². The van der Waals surface area contributed by atoms with Gasteiger partial charge in [-0.3, -0.25) is 4.79 Å². The lowest BCUT2D eigenvalue weighted by Crippen LogP contribution is -2.44. The van der Waals surface area contributed by atoms with Gasteiger partial charge in [-0.2, -0.15) is 4.72 Å². The number of nitrogens with zero attached hydrogens (tertiary/aromatic N) is 2. The second kappa shape index (κ2) is 5.68. The van der Waals surface area contributed by atoms with Gasteiger partial charge in [-0.25, -0.2) is 13.4 Å². The molecule has 0 aliphatic heterocycles. The van der Waals surface area contributed by atoms with E-state index in [0.29, 0.717) is 6.54 Å². The minimum absolute atomic E-state index is 0.00870. The van der Waals surface area contributed by atoms with Gasteiger partial charge < -0.3 is 9.88 Å². The zero-order chi connectivity index (χ0) is 13.9. The van der Waals surface area contributed by atoms with E-state index in [-0.39, 0.29) is 10.2 Å². The number of halogens is 1. The summed E-state index contributed by atoms with van der Waals surface area (Å²) >= 11 is 5.80. The largest absolute Gasteiger partial charge is 0.355 e. The average molecular weight is 295 g/mol. The minimum atomic E-state index is -3.91. The van der Waals surface area contributed by atoms with Crippen LogP contribution < -0.4 is 10.0 Å². The summed E-state index contributed by atoms with van der Waals surface area (Å²) < 4.78 is 27.4. The average Bonchev–Trinajstić information content (AvgIpc) is 2.60. The summed E-state index contributed by atoms with van der Waals surface area (Å²) in [4.78, 5) is 15.1. The van der Waals surface area contributed by atoms with Crippen LogP contribution in [-0.4, -0.2) is 36.5 Å². The molecule has 0 saturated heterocycles. The van der Waals surface area contributed by atoms with E-state index in [9.17, 15) is 13.2 Å². The lowest BCUT2D eigenvalue weighted by molar-refractivity contribution is -0.122. The molecule has 1 aromatic heterocycles. The molecule has 9 heteroatoms. The predicted octanol–water partition coefficient (Wildman–Crippen LogP) is -0.124. The molecule has 0 aliphatic carbocycles. The summed E-state index contributed by atoms with van der Waals surface area (Å²) in [6.07, 6.45) is 1.29. The Morgan fingerprint density at radius 3 is 2.67 bits per heavy atom. The van der Waals surface area contributed by atoms with Crippen molar-refractivity contribution in [3.63, 3.8) is 0 Å². The number of hydrogen-bond acceptors (Lipinski definition) is 4. The highest BCUT2D eigenvalue weighted by molar-refractivity contribution is 7.89. The Bertz CT molecular complexity index is 540. The normalized spacial score (nSPS) is 13.3. The third-order valence-electron chi connectivity index (χ3n) is 2.17. The van der Waals surface area contributed by atoms with E-state index < -0.39 is 22.0 Å². The third kappa shape index (κ3) is 3.21. The van der Waals surface area contributed by atoms with Crippen molar-refractivity contribution in [3.05, 3.63) is 11.5 Å². The van der Waals surface area contributed by atoms with Crippen LogP contribution >= 0.6 is 11.6 Å². The van der Waals surface area contributed by atoms with Crippen molar-refractivity contribution in [2.45, 2.75) is 24.9 Å². The molecule has 102 valence electrons. The van der Waals surface area contributed by atoms with Gasteiger partial charge in [0, 0.05) is 13.6 Å². The van der Waals surface area contributed by atoms with Gasteiger partial charge in [0.15, 0.2) is 0 Å². The number of carbonyl (C=O) groups excluding carboxylic acids is 1. The van der Waals surface area contributed by atoms with E-state index >= 15 is 0 Å². The van der Waals surface area contributed by atoms with Crippen LogP contribution in [0.4, 0.5) is 0 Å². The monoisotopic (exact) mass is 294 g/mol. The van der Waals surface area contributed by atoms with Gasteiger partial charge in [0.2, 0.25) is 10.9 Å². The second-order valence-electron chi connectivity index (χ2n) is 3.69. The Morgan fingerprint density at radius 2 is 2.22 bits per heavy atom. The maximum absolute atomic E-state index is 11.9. The number of aromatic nitrogens is 2. The summed E-state index contributed by atoms with van der Waals surface area (Å²) in [6.45, 7) is 3.61. The highest BCUT2D eigenvalue weighted by Gasteiger charge is 2.26. The number of imidazole rings is 1. The molecule has 0 aliphatic rings. The zero-order valence-corrected chi connectivity index (χ0v) is 11.8. The van der Waals surface area contributed by atoms with Crippen molar-refractivity contribution in [1.82, 2.24) is 19.6 Å². The molecule has 1 amide bonds. The number of likely N-dealkylation sites (N-methyl/N-ethyl adjacent to an activating group) is 1. The smallest absolute Gasteiger partial charge is 0.261 e. The molecule has 2 N–H and O–H groups in total. The van der Waals surface area contributed by atoms with E-state index in [1.54, 1.807) is 14.0 Å². The van der Waals surface area contributed by atoms with E-state index in [4.69, 9.17) is 11.6 Å². The summed E-state index contributed by atoms with van der Waals surface area (Å²) in [5.74, 6) is -0.409. The first-order chi connectivity index (χ1) is 8.29. The molecule has 0 aromatic carbocycles. The molecule has 0 spiro atoms. The van der Waals surface area contributed by atoms with Crippen molar-refractivity contribution in [2.24, 2.45) is 7.05 Å². The van der Waals surface area contributed by atoms with Gasteiger partial charge in [0.25, 0.3) is 10.0 Å². The molecule has 0 radical (unpaired) electrons. The molecular weight excluding hydrogens is 280 g/mol. The van der Waals surface area contributed by atoms with Gasteiger partial charge in [0.1, 0.15) is 5.15 Å². The topological polar surface area (TPSA) is 93.1 Å². The number of rotatable bonds is 5. The van der Waals surface area contributed by atoms with Crippen LogP contribution in [0.5, 0.6) is 0 Å². The van der Waals surface area contributed by atoms with Gasteiger partial charge >= 0.3 is 0 Å². The Kier molecular flexibility index (Phi) is 4.71. The fourth-order valence-electron chi connectivity index (χ4n) is 1.24. The number of sulfonamides is 1. The molecule has 1 unspecified atom stereocenters. The molecule has 0 saturated carbocycles. The summed E-state index contributed by atoms with van der Waals surface area (Å²) in [7, 11) is -2.34. The number of amides is 1. The van der Waals surface area contributed by atoms with Crippen LogP contribution in [0, 0.1) is 0 Å². The van der Waals surface area contributed by atoms with Gasteiger partial charge in [-0.1, -0.05) is 11.6 Å². The summed E-state index contributed by atoms with van der Waals surface area (Å²) in [5, 5.41) is 2.22. The quantitative estimate of drug-likeness (QED) is 0.791. The first kappa shape index (κ1) is 14.9. The number of hydrogen-bond donors (Lipinski definition) is 2. The molecule has 7 nitrogen and oxygen atoms in total. The van der Waals surface area contributed by atoms with Crippen molar-refractivity contribution < 1.29 is 13.2 Å². The highest BCUT2D eigenvalue weighted by Crippen LogP contribution is 2.18. The van der Waals surface area contributed by atoms with Crippen molar-refractivity contribution in [3.8, 4) is 0 Å². The second-order valence-corrected chi connectivity index (χ2v) is 5.68. The van der Waals surface area contributed by atoms with E-state index in [1.807, 2.05) is 0 Å². The Hall–Kier alpha value is -1.12. The molecule has 1 heterocycles. The first-order valence-corrected chi connectivity index (χ1v) is 7.12. The lowest BCUT2D eigenvalue weighted by atomic mass is 10.3. The first-order valence-electron chi connectivity index (χ1n) is 5.26. The van der Waals surface area contributed by atoms with Gasteiger partial charge in [-0.15, -0.1) is 0 Å². The third-order valence-corrected chi connectivity index (χ3v) is 4.19. The fourth-order valence-corrected chi connectivity index (χ4v) is 2.88. The lowest BCUT2D eigenvalue weighted by Gasteiger charge is -2.12. The molecule has 18 heavy (non-hydrogen) atoms. The van der Waals surface area contributed by atoms with Crippen LogP contribution in [0.25, 0.3) is 0 Å². The number of carbonyl (C=O) groups is 1. The highest BCUT2D eigenvalue weighted by atomic mass is 35.5. The van der Waals surface area contributed by atoms with Crippen molar-refractivity contribution >= 4 is 27.5 Å². The maximum atomic E-state index is 11.9. The standard InChI is InChI=1S/C9H15ClN4O3S/c1-4-11-8(15)6(2)13-18(16,17)9-7(10)14(3)5-12-9/h5-6,13H,4H2,1-3H3,(H,11,15). The molecule has 0 fully saturated rings. The SMILES string of the molecule is CCNC(=O)C(C)NS(=O)(=O)c1ncn(C)c1Cl. The number of nitrogens with one attached hydrogen (secondary N) is 2. The Labute approximate surface area is 111 Å². The summed E-state index contributed by atoms with van der Waals surface area (Å²) in [5.41, 5.74) is 0. The molecule has 1 atom stereocenters. The molecule has 0 bridgehead atoms. The predicted molar refractivity (Wildman–Crippen MR) is 66.7 cm³/mol. The van der Waals surface area contributed by atoms with Crippen LogP contribution in [0.2, 0.25) is 5.15 Å². The van der Waals surface area contributed by atoms with Crippen molar-refractivity contribution in [2.75, 3.05) is 6.54 Å². The van der Waals surface area contributed by atoms with E-state index in [2.05, 4.69) is 15.0 Å². The number of aryl methyl sites for hydroxylation is 1. The van der Waals surface area contributed by atoms with E-state index in [1.165, 1.54) is 17.8 Å². The van der Waals surface area contributed by atoms with Crippen LogP contribution in [-0.2, 0) is 21.9 Å².